The van der Waals surface area contributed by atoms with Crippen LogP contribution in [0.25, 0.3) is 32.9 Å². The third-order valence-electron chi connectivity index (χ3n) is 6.52. The minimum absolute atomic E-state index is 0.0419. The van der Waals surface area contributed by atoms with Crippen LogP contribution >= 0.6 is 0 Å². The molecule has 7 nitrogen and oxygen atoms in total. The fourth-order valence-corrected chi connectivity index (χ4v) is 4.69. The van der Waals surface area contributed by atoms with Crippen molar-refractivity contribution in [3.05, 3.63) is 65.5 Å². The van der Waals surface area contributed by atoms with Gasteiger partial charge in [-0.3, -0.25) is 9.59 Å². The predicted octanol–water partition coefficient (Wildman–Crippen LogP) is 3.62. The number of hydrogen-bond donors (Lipinski definition) is 2. The zero-order chi connectivity index (χ0) is 24.0. The number of likely N-dealkylation sites (N-methyl/N-ethyl adjacent to an activating group) is 1. The molecule has 2 heterocycles. The number of nitrogens with one attached hydrogen (secondary N) is 1. The van der Waals surface area contributed by atoms with Crippen molar-refractivity contribution in [2.24, 2.45) is 5.73 Å². The second kappa shape index (κ2) is 8.46. The number of piperazine rings is 1. The fraction of sp³-hybridized carbons (Fsp3) is 0.231. The van der Waals surface area contributed by atoms with E-state index in [9.17, 15) is 14.0 Å². The van der Waals surface area contributed by atoms with Gasteiger partial charge in [0.2, 0.25) is 0 Å². The molecule has 0 aliphatic carbocycles. The Bertz CT molecular complexity index is 1440. The van der Waals surface area contributed by atoms with E-state index in [2.05, 4.69) is 9.88 Å². The molecule has 174 valence electrons. The maximum atomic E-state index is 15.0. The first-order valence-corrected chi connectivity index (χ1v) is 11.1. The topological polar surface area (TPSA) is 91.7 Å². The second-order valence-electron chi connectivity index (χ2n) is 8.57. The summed E-state index contributed by atoms with van der Waals surface area (Å²) in [4.78, 5) is 32.6. The van der Waals surface area contributed by atoms with E-state index in [1.165, 1.54) is 13.2 Å². The van der Waals surface area contributed by atoms with Gasteiger partial charge in [-0.15, -0.1) is 0 Å². The van der Waals surface area contributed by atoms with Gasteiger partial charge >= 0.3 is 0 Å². The molecule has 0 atom stereocenters. The van der Waals surface area contributed by atoms with E-state index in [4.69, 9.17) is 10.5 Å². The maximum absolute atomic E-state index is 15.0. The lowest BCUT2D eigenvalue weighted by atomic mass is 9.95. The average molecular weight is 461 g/mol. The van der Waals surface area contributed by atoms with Gasteiger partial charge in [0.25, 0.3) is 11.8 Å². The fourth-order valence-electron chi connectivity index (χ4n) is 4.69. The van der Waals surface area contributed by atoms with E-state index in [1.807, 2.05) is 18.0 Å². The normalized spacial score (nSPS) is 14.6. The standard InChI is InChI=1S/C26H25FN4O3/c1-30-10-12-31(13-11-30)26(33)15-6-7-16-20(14-15)29-24-18(25(28)32)9-8-17(22(16)24)23-19(27)4-3-5-21(23)34-2/h3-9,14,29H,10-13H2,1-2H3,(H2,28,32). The van der Waals surface area contributed by atoms with E-state index in [-0.39, 0.29) is 11.5 Å². The lowest BCUT2D eigenvalue weighted by Crippen LogP contribution is -2.47. The van der Waals surface area contributed by atoms with Crippen molar-refractivity contribution in [3.63, 3.8) is 0 Å². The van der Waals surface area contributed by atoms with Crippen LogP contribution in [0.15, 0.2) is 48.5 Å². The molecular weight excluding hydrogens is 435 g/mol. The highest BCUT2D eigenvalue weighted by molar-refractivity contribution is 6.20. The summed E-state index contributed by atoms with van der Waals surface area (Å²) >= 11 is 0. The number of rotatable bonds is 4. The molecule has 1 aliphatic heterocycles. The number of methoxy groups -OCH3 is 1. The molecule has 8 heteroatoms. The van der Waals surface area contributed by atoms with E-state index < -0.39 is 11.7 Å². The van der Waals surface area contributed by atoms with E-state index in [1.54, 1.807) is 36.4 Å². The molecule has 3 aromatic carbocycles. The average Bonchev–Trinajstić information content (AvgIpc) is 3.22. The quantitative estimate of drug-likeness (QED) is 0.487. The molecular formula is C26H25FN4O3. The Hall–Kier alpha value is -3.91. The first-order chi connectivity index (χ1) is 16.4. The van der Waals surface area contributed by atoms with Gasteiger partial charge in [-0.25, -0.2) is 4.39 Å². The first-order valence-electron chi connectivity index (χ1n) is 11.1. The summed E-state index contributed by atoms with van der Waals surface area (Å²) in [7, 11) is 3.52. The van der Waals surface area contributed by atoms with Gasteiger partial charge in [0, 0.05) is 48.0 Å². The number of fused-ring (bicyclic) bond motifs is 3. The third kappa shape index (κ3) is 3.56. The lowest BCUT2D eigenvalue weighted by molar-refractivity contribution is 0.0664. The molecule has 0 saturated carbocycles. The van der Waals surface area contributed by atoms with Crippen molar-refractivity contribution >= 4 is 33.6 Å². The van der Waals surface area contributed by atoms with Gasteiger partial charge in [-0.2, -0.15) is 0 Å². The van der Waals surface area contributed by atoms with Gasteiger partial charge < -0.3 is 25.3 Å². The van der Waals surface area contributed by atoms with Gasteiger partial charge in [-0.05, 0) is 42.9 Å². The molecule has 0 radical (unpaired) electrons. The number of aromatic nitrogens is 1. The summed E-state index contributed by atoms with van der Waals surface area (Å²) in [6, 6.07) is 13.3. The largest absolute Gasteiger partial charge is 0.496 e. The summed E-state index contributed by atoms with van der Waals surface area (Å²) in [6.07, 6.45) is 0. The second-order valence-corrected chi connectivity index (χ2v) is 8.57. The summed E-state index contributed by atoms with van der Waals surface area (Å²) < 4.78 is 20.4. The lowest BCUT2D eigenvalue weighted by Gasteiger charge is -2.32. The summed E-state index contributed by atoms with van der Waals surface area (Å²) in [5.74, 6) is -0.704. The van der Waals surface area contributed by atoms with Crippen LogP contribution in [0.2, 0.25) is 0 Å². The molecule has 1 fully saturated rings. The van der Waals surface area contributed by atoms with Crippen molar-refractivity contribution in [1.82, 2.24) is 14.8 Å². The molecule has 2 amide bonds. The molecule has 34 heavy (non-hydrogen) atoms. The van der Waals surface area contributed by atoms with Crippen molar-refractivity contribution in [2.45, 2.75) is 0 Å². The number of primary amides is 1. The smallest absolute Gasteiger partial charge is 0.254 e. The maximum Gasteiger partial charge on any atom is 0.254 e. The number of nitrogens with zero attached hydrogens (tertiary/aromatic N) is 2. The van der Waals surface area contributed by atoms with E-state index in [0.717, 1.165) is 18.5 Å². The molecule has 0 spiro atoms. The Labute approximate surface area is 195 Å². The highest BCUT2D eigenvalue weighted by atomic mass is 19.1. The number of ether oxygens (including phenoxy) is 1. The van der Waals surface area contributed by atoms with Crippen molar-refractivity contribution < 1.29 is 18.7 Å². The summed E-state index contributed by atoms with van der Waals surface area (Å²) in [5, 5.41) is 1.40. The number of hydrogen-bond acceptors (Lipinski definition) is 4. The van der Waals surface area contributed by atoms with Crippen LogP contribution in [0.1, 0.15) is 20.7 Å². The number of amides is 2. The van der Waals surface area contributed by atoms with Crippen LogP contribution in [0.4, 0.5) is 4.39 Å². The number of aromatic amines is 1. The first kappa shape index (κ1) is 21.9. The minimum Gasteiger partial charge on any atom is -0.496 e. The number of H-pyrrole nitrogens is 1. The van der Waals surface area contributed by atoms with Crippen molar-refractivity contribution in [3.8, 4) is 16.9 Å². The molecule has 4 aromatic rings. The van der Waals surface area contributed by atoms with Gasteiger partial charge in [0.1, 0.15) is 11.6 Å². The highest BCUT2D eigenvalue weighted by Crippen LogP contribution is 2.41. The third-order valence-corrected chi connectivity index (χ3v) is 6.52. The van der Waals surface area contributed by atoms with Crippen molar-refractivity contribution in [1.29, 1.82) is 0 Å². The Morgan fingerprint density at radius 1 is 1.06 bits per heavy atom. The van der Waals surface area contributed by atoms with E-state index in [0.29, 0.717) is 51.9 Å². The molecule has 1 aliphatic rings. The Morgan fingerprint density at radius 3 is 2.53 bits per heavy atom. The number of carbonyl (C=O) groups excluding carboxylic acids is 2. The molecule has 1 aromatic heterocycles. The summed E-state index contributed by atoms with van der Waals surface area (Å²) in [5.41, 5.74) is 8.51. The molecule has 3 N–H and O–H groups in total. The highest BCUT2D eigenvalue weighted by Gasteiger charge is 2.23. The van der Waals surface area contributed by atoms with Crippen LogP contribution in [0.3, 0.4) is 0 Å². The van der Waals surface area contributed by atoms with Gasteiger partial charge in [0.05, 0.1) is 23.8 Å². The summed E-state index contributed by atoms with van der Waals surface area (Å²) in [6.45, 7) is 3.00. The molecule has 0 bridgehead atoms. The van der Waals surface area contributed by atoms with Gasteiger partial charge in [0.15, 0.2) is 0 Å². The molecule has 5 rings (SSSR count). The predicted molar refractivity (Wildman–Crippen MR) is 130 cm³/mol. The Morgan fingerprint density at radius 2 is 1.82 bits per heavy atom. The Kier molecular flexibility index (Phi) is 5.45. The molecule has 1 saturated heterocycles. The monoisotopic (exact) mass is 460 g/mol. The SMILES string of the molecule is COc1cccc(F)c1-c1ccc(C(N)=O)c2[nH]c3cc(C(=O)N4CCN(C)CC4)ccc3c12. The number of benzene rings is 3. The zero-order valence-electron chi connectivity index (χ0n) is 19.0. The van der Waals surface area contributed by atoms with Gasteiger partial charge in [-0.1, -0.05) is 18.2 Å². The van der Waals surface area contributed by atoms with E-state index >= 15 is 0 Å². The number of nitrogens with two attached hydrogens (primary N) is 1. The minimum atomic E-state index is -0.600. The van der Waals surface area contributed by atoms with Crippen LogP contribution in [0.5, 0.6) is 5.75 Å². The number of carbonyl (C=O) groups is 2. The van der Waals surface area contributed by atoms with Crippen LogP contribution in [0, 0.1) is 5.82 Å². The zero-order valence-corrected chi connectivity index (χ0v) is 19.0. The Balaban J connectivity index is 1.71. The van der Waals surface area contributed by atoms with Crippen molar-refractivity contribution in [2.75, 3.05) is 40.3 Å². The molecule has 0 unspecified atom stereocenters. The number of halogens is 1. The van der Waals surface area contributed by atoms with Crippen LogP contribution in [-0.2, 0) is 0 Å². The van der Waals surface area contributed by atoms with Crippen LogP contribution in [-0.4, -0.2) is 66.9 Å². The van der Waals surface area contributed by atoms with Crippen LogP contribution < -0.4 is 10.5 Å².